The first kappa shape index (κ1) is 21.9. The second-order valence-corrected chi connectivity index (χ2v) is 6.91. The van der Waals surface area contributed by atoms with Crippen molar-refractivity contribution in [1.29, 1.82) is 0 Å². The third-order valence-electron chi connectivity index (χ3n) is 4.90. The minimum absolute atomic E-state index is 0.197. The summed E-state index contributed by atoms with van der Waals surface area (Å²) in [6.45, 7) is 2.95. The average Bonchev–Trinajstić information content (AvgIpc) is 2.76. The highest BCUT2D eigenvalue weighted by molar-refractivity contribution is 5.95. The maximum atomic E-state index is 12.2. The molecule has 0 bridgehead atoms. The zero-order valence-electron chi connectivity index (χ0n) is 17.4. The monoisotopic (exact) mass is 424 g/mol. The molecule has 1 atom stereocenters. The van der Waals surface area contributed by atoms with E-state index in [1.54, 1.807) is 45.2 Å². The van der Waals surface area contributed by atoms with Gasteiger partial charge in [0.1, 0.15) is 17.1 Å². The lowest BCUT2D eigenvalue weighted by Crippen LogP contribution is -2.48. The van der Waals surface area contributed by atoms with Crippen molar-refractivity contribution in [3.63, 3.8) is 0 Å². The Hall–Kier alpha value is -3.81. The van der Waals surface area contributed by atoms with Crippen molar-refractivity contribution in [3.05, 3.63) is 58.4 Å². The molecule has 0 fully saturated rings. The van der Waals surface area contributed by atoms with E-state index in [-0.39, 0.29) is 6.42 Å². The largest absolute Gasteiger partial charge is 0.548 e. The van der Waals surface area contributed by atoms with Crippen molar-refractivity contribution in [1.82, 2.24) is 5.32 Å². The van der Waals surface area contributed by atoms with Gasteiger partial charge in [-0.05, 0) is 48.7 Å². The van der Waals surface area contributed by atoms with Crippen molar-refractivity contribution >= 4 is 22.8 Å². The van der Waals surface area contributed by atoms with Gasteiger partial charge in [0, 0.05) is 17.0 Å². The van der Waals surface area contributed by atoms with Crippen LogP contribution in [0.2, 0.25) is 0 Å². The molecule has 0 unspecified atom stereocenters. The highest BCUT2D eigenvalue weighted by Crippen LogP contribution is 2.33. The Bertz CT molecular complexity index is 1160. The molecule has 0 aliphatic carbocycles. The van der Waals surface area contributed by atoms with E-state index in [0.29, 0.717) is 33.6 Å². The highest BCUT2D eigenvalue weighted by Gasteiger charge is 2.16. The molecule has 0 saturated carbocycles. The first-order valence-electron chi connectivity index (χ1n) is 9.69. The molecular formula is C23H22NO7-. The molecule has 0 saturated heterocycles. The maximum Gasteiger partial charge on any atom is 0.336 e. The third-order valence-corrected chi connectivity index (χ3v) is 4.90. The van der Waals surface area contributed by atoms with Gasteiger partial charge in [0.25, 0.3) is 5.91 Å². The van der Waals surface area contributed by atoms with E-state index in [1.807, 2.05) is 12.1 Å². The van der Waals surface area contributed by atoms with Crippen LogP contribution in [-0.2, 0) is 9.59 Å². The van der Waals surface area contributed by atoms with Crippen LogP contribution >= 0.6 is 0 Å². The molecule has 162 valence electrons. The lowest BCUT2D eigenvalue weighted by molar-refractivity contribution is -0.308. The molecule has 31 heavy (non-hydrogen) atoms. The number of benzene rings is 2. The smallest absolute Gasteiger partial charge is 0.336 e. The van der Waals surface area contributed by atoms with Gasteiger partial charge in [-0.25, -0.2) is 4.79 Å². The number of hydrogen-bond donors (Lipinski definition) is 1. The van der Waals surface area contributed by atoms with Crippen LogP contribution in [0.5, 0.6) is 11.5 Å². The van der Waals surface area contributed by atoms with Crippen molar-refractivity contribution in [2.45, 2.75) is 26.3 Å². The first-order valence-corrected chi connectivity index (χ1v) is 9.69. The number of carbonyl (C=O) groups is 2. The predicted octanol–water partition coefficient (Wildman–Crippen LogP) is 1.80. The molecule has 1 N–H and O–H groups in total. The number of fused-ring (bicyclic) bond motifs is 1. The normalized spacial score (nSPS) is 11.7. The summed E-state index contributed by atoms with van der Waals surface area (Å²) < 4.78 is 16.1. The van der Waals surface area contributed by atoms with Crippen molar-refractivity contribution in [2.75, 3.05) is 13.7 Å². The molecule has 0 aliphatic rings. The van der Waals surface area contributed by atoms with Crippen LogP contribution in [0.4, 0.5) is 0 Å². The molecule has 1 amide bonds. The molecule has 1 heterocycles. The Morgan fingerprint density at radius 3 is 2.48 bits per heavy atom. The van der Waals surface area contributed by atoms with E-state index in [2.05, 4.69) is 5.32 Å². The molecule has 8 heteroatoms. The lowest BCUT2D eigenvalue weighted by atomic mass is 10.00. The van der Waals surface area contributed by atoms with Crippen LogP contribution < -0.4 is 25.5 Å². The Kier molecular flexibility index (Phi) is 6.59. The number of carbonyl (C=O) groups excluding carboxylic acids is 2. The average molecular weight is 424 g/mol. The van der Waals surface area contributed by atoms with Gasteiger partial charge in [0.05, 0.1) is 19.1 Å². The third kappa shape index (κ3) is 4.85. The Balaban J connectivity index is 1.89. The van der Waals surface area contributed by atoms with Gasteiger partial charge in [-0.3, -0.25) is 4.79 Å². The molecule has 0 radical (unpaired) electrons. The number of carboxylic acid groups (broad SMARTS) is 1. The van der Waals surface area contributed by atoms with Gasteiger partial charge >= 0.3 is 5.63 Å². The molecule has 3 rings (SSSR count). The number of aryl methyl sites for hydroxylation is 1. The number of hydrogen-bond acceptors (Lipinski definition) is 7. The molecule has 1 aromatic heterocycles. The SMILES string of the molecule is CC[C@@H](NC(=O)COc1ccc2c(-c3ccc(OC)cc3)cc(=O)oc2c1C)C(=O)[O-]. The zero-order chi connectivity index (χ0) is 22.5. The number of methoxy groups -OCH3 is 1. The maximum absolute atomic E-state index is 12.2. The van der Waals surface area contributed by atoms with Gasteiger partial charge in [0.2, 0.25) is 0 Å². The summed E-state index contributed by atoms with van der Waals surface area (Å²) >= 11 is 0. The van der Waals surface area contributed by atoms with Crippen molar-refractivity contribution in [3.8, 4) is 22.6 Å². The molecule has 3 aromatic rings. The molecule has 8 nitrogen and oxygen atoms in total. The van der Waals surface area contributed by atoms with Crippen LogP contribution in [0, 0.1) is 6.92 Å². The quantitative estimate of drug-likeness (QED) is 0.548. The van der Waals surface area contributed by atoms with E-state index >= 15 is 0 Å². The topological polar surface area (TPSA) is 118 Å². The Morgan fingerprint density at radius 2 is 1.87 bits per heavy atom. The Morgan fingerprint density at radius 1 is 1.16 bits per heavy atom. The van der Waals surface area contributed by atoms with Gasteiger partial charge in [-0.1, -0.05) is 19.1 Å². The molecule has 2 aromatic carbocycles. The van der Waals surface area contributed by atoms with Crippen LogP contribution in [-0.4, -0.2) is 31.6 Å². The second kappa shape index (κ2) is 9.34. The fourth-order valence-corrected chi connectivity index (χ4v) is 3.22. The summed E-state index contributed by atoms with van der Waals surface area (Å²) in [5.41, 5.74) is 1.89. The summed E-state index contributed by atoms with van der Waals surface area (Å²) in [4.78, 5) is 35.1. The summed E-state index contributed by atoms with van der Waals surface area (Å²) in [6, 6.07) is 11.0. The van der Waals surface area contributed by atoms with E-state index in [4.69, 9.17) is 13.9 Å². The van der Waals surface area contributed by atoms with Gasteiger partial charge < -0.3 is 29.1 Å². The number of carboxylic acids is 1. The summed E-state index contributed by atoms with van der Waals surface area (Å²) in [7, 11) is 1.58. The van der Waals surface area contributed by atoms with Crippen molar-refractivity contribution in [2.24, 2.45) is 0 Å². The van der Waals surface area contributed by atoms with E-state index in [1.165, 1.54) is 6.07 Å². The number of amides is 1. The number of aliphatic carboxylic acids is 1. The predicted molar refractivity (Wildman–Crippen MR) is 112 cm³/mol. The highest BCUT2D eigenvalue weighted by atomic mass is 16.5. The summed E-state index contributed by atoms with van der Waals surface area (Å²) in [5.74, 6) is -0.904. The van der Waals surface area contributed by atoms with Crippen LogP contribution in [0.15, 0.2) is 51.7 Å². The first-order chi connectivity index (χ1) is 14.8. The van der Waals surface area contributed by atoms with E-state index < -0.39 is 30.2 Å². The lowest BCUT2D eigenvalue weighted by Gasteiger charge is -2.18. The van der Waals surface area contributed by atoms with E-state index in [0.717, 1.165) is 5.56 Å². The van der Waals surface area contributed by atoms with Crippen LogP contribution in [0.25, 0.3) is 22.1 Å². The zero-order valence-corrected chi connectivity index (χ0v) is 17.4. The summed E-state index contributed by atoms with van der Waals surface area (Å²) in [5, 5.41) is 14.0. The molecular weight excluding hydrogens is 402 g/mol. The fourth-order valence-electron chi connectivity index (χ4n) is 3.22. The number of rotatable bonds is 8. The second-order valence-electron chi connectivity index (χ2n) is 6.91. The van der Waals surface area contributed by atoms with Crippen molar-refractivity contribution < 1.29 is 28.6 Å². The van der Waals surface area contributed by atoms with E-state index in [9.17, 15) is 19.5 Å². The van der Waals surface area contributed by atoms with Gasteiger partial charge in [-0.2, -0.15) is 0 Å². The van der Waals surface area contributed by atoms with Crippen LogP contribution in [0.1, 0.15) is 18.9 Å². The fraction of sp³-hybridized carbons (Fsp3) is 0.261. The minimum Gasteiger partial charge on any atom is -0.548 e. The van der Waals surface area contributed by atoms with Crippen LogP contribution in [0.3, 0.4) is 0 Å². The van der Waals surface area contributed by atoms with Gasteiger partial charge in [0.15, 0.2) is 6.61 Å². The minimum atomic E-state index is -1.36. The number of ether oxygens (including phenoxy) is 2. The summed E-state index contributed by atoms with van der Waals surface area (Å²) in [6.07, 6.45) is 0.197. The number of nitrogens with one attached hydrogen (secondary N) is 1. The molecule has 0 aliphatic heterocycles. The van der Waals surface area contributed by atoms with Gasteiger partial charge in [-0.15, -0.1) is 0 Å². The molecule has 0 spiro atoms. The standard InChI is InChI=1S/C23H23NO7/c1-4-18(23(27)28)24-20(25)12-30-19-10-9-16-17(11-21(26)31-22(16)13(19)2)14-5-7-15(29-3)8-6-14/h5-11,18H,4,12H2,1-3H3,(H,24,25)(H,27,28)/p-1/t18-/m1/s1. The Labute approximate surface area is 178 Å².